The van der Waals surface area contributed by atoms with E-state index in [0.717, 1.165) is 17.5 Å². The van der Waals surface area contributed by atoms with Crippen molar-refractivity contribution >= 4 is 21.8 Å². The first-order valence-electron chi connectivity index (χ1n) is 10.8. The predicted molar refractivity (Wildman–Crippen MR) is 123 cm³/mol. The summed E-state index contributed by atoms with van der Waals surface area (Å²) in [5.74, 6) is -0.199. The number of sulfonamides is 1. The van der Waals surface area contributed by atoms with Crippen molar-refractivity contribution in [3.63, 3.8) is 0 Å². The monoisotopic (exact) mass is 457 g/mol. The van der Waals surface area contributed by atoms with Crippen LogP contribution < -0.4 is 5.32 Å². The second-order valence-electron chi connectivity index (χ2n) is 8.42. The lowest BCUT2D eigenvalue weighted by Gasteiger charge is -2.36. The summed E-state index contributed by atoms with van der Waals surface area (Å²) in [5, 5.41) is 2.90. The van der Waals surface area contributed by atoms with E-state index in [2.05, 4.69) is 5.32 Å². The summed E-state index contributed by atoms with van der Waals surface area (Å²) in [6.45, 7) is 6.06. The standard InChI is InChI=1S/C24H31N3O4S/c1-17(2)26(4)32(30,31)21-11-9-19(10-12-21)16-25-24(29)15-23-22-8-6-5-7-20(22)13-14-27(23)18(3)28/h5-12,17,23H,13-16H2,1-4H3,(H,25,29). The Hall–Kier alpha value is -2.71. The molecule has 0 fully saturated rings. The maximum Gasteiger partial charge on any atom is 0.243 e. The minimum Gasteiger partial charge on any atom is -0.352 e. The van der Waals surface area contributed by atoms with E-state index in [1.54, 1.807) is 36.2 Å². The van der Waals surface area contributed by atoms with Crippen LogP contribution in [0.5, 0.6) is 0 Å². The Bertz CT molecular complexity index is 1080. The molecule has 2 aromatic carbocycles. The molecule has 0 spiro atoms. The van der Waals surface area contributed by atoms with Crippen molar-refractivity contribution in [2.75, 3.05) is 13.6 Å². The van der Waals surface area contributed by atoms with E-state index in [1.165, 1.54) is 16.8 Å². The summed E-state index contributed by atoms with van der Waals surface area (Å²) in [6, 6.07) is 14.0. The zero-order valence-corrected chi connectivity index (χ0v) is 19.9. The Kier molecular flexibility index (Phi) is 7.36. The van der Waals surface area contributed by atoms with Crippen LogP contribution in [-0.2, 0) is 32.6 Å². The average Bonchev–Trinajstić information content (AvgIpc) is 2.77. The van der Waals surface area contributed by atoms with Crippen LogP contribution in [0.15, 0.2) is 53.4 Å². The third-order valence-corrected chi connectivity index (χ3v) is 8.06. The SMILES string of the molecule is CC(=O)N1CCc2ccccc2C1CC(=O)NCc1ccc(S(=O)(=O)N(C)C(C)C)cc1. The summed E-state index contributed by atoms with van der Waals surface area (Å²) in [5.41, 5.74) is 3.00. The quantitative estimate of drug-likeness (QED) is 0.693. The van der Waals surface area contributed by atoms with Gasteiger partial charge in [0.1, 0.15) is 0 Å². The number of rotatable bonds is 7. The van der Waals surface area contributed by atoms with Crippen LogP contribution in [0.1, 0.15) is 49.9 Å². The number of carbonyl (C=O) groups is 2. The van der Waals surface area contributed by atoms with Crippen molar-refractivity contribution in [1.29, 1.82) is 0 Å². The molecule has 1 atom stereocenters. The van der Waals surface area contributed by atoms with Crippen LogP contribution >= 0.6 is 0 Å². The molecule has 0 saturated heterocycles. The van der Waals surface area contributed by atoms with E-state index in [-0.39, 0.29) is 41.8 Å². The van der Waals surface area contributed by atoms with Gasteiger partial charge in [-0.05, 0) is 49.1 Å². The fraction of sp³-hybridized carbons (Fsp3) is 0.417. The van der Waals surface area contributed by atoms with Gasteiger partial charge >= 0.3 is 0 Å². The molecule has 0 saturated carbocycles. The van der Waals surface area contributed by atoms with E-state index >= 15 is 0 Å². The zero-order valence-electron chi connectivity index (χ0n) is 19.0. The number of benzene rings is 2. The Morgan fingerprint density at radius 3 is 2.41 bits per heavy atom. The van der Waals surface area contributed by atoms with Gasteiger partial charge in [-0.2, -0.15) is 4.31 Å². The van der Waals surface area contributed by atoms with Gasteiger partial charge in [-0.1, -0.05) is 36.4 Å². The molecule has 7 nitrogen and oxygen atoms in total. The molecule has 0 bridgehead atoms. The molecule has 8 heteroatoms. The minimum absolute atomic E-state index is 0.0412. The Morgan fingerprint density at radius 2 is 1.78 bits per heavy atom. The van der Waals surface area contributed by atoms with Gasteiger partial charge in [-0.25, -0.2) is 8.42 Å². The van der Waals surface area contributed by atoms with Crippen LogP contribution in [0.4, 0.5) is 0 Å². The van der Waals surface area contributed by atoms with E-state index < -0.39 is 10.0 Å². The van der Waals surface area contributed by atoms with Gasteiger partial charge in [0.2, 0.25) is 21.8 Å². The summed E-state index contributed by atoms with van der Waals surface area (Å²) < 4.78 is 26.5. The molecule has 1 heterocycles. The summed E-state index contributed by atoms with van der Waals surface area (Å²) >= 11 is 0. The smallest absolute Gasteiger partial charge is 0.243 e. The van der Waals surface area contributed by atoms with Gasteiger partial charge in [-0.15, -0.1) is 0 Å². The van der Waals surface area contributed by atoms with Crippen molar-refractivity contribution in [3.05, 3.63) is 65.2 Å². The third-order valence-electron chi connectivity index (χ3n) is 6.01. The van der Waals surface area contributed by atoms with Crippen molar-refractivity contribution < 1.29 is 18.0 Å². The molecule has 2 aromatic rings. The first-order chi connectivity index (χ1) is 15.1. The predicted octanol–water partition coefficient (Wildman–Crippen LogP) is 2.87. The van der Waals surface area contributed by atoms with E-state index in [9.17, 15) is 18.0 Å². The van der Waals surface area contributed by atoms with Crippen LogP contribution in [0.2, 0.25) is 0 Å². The number of fused-ring (bicyclic) bond motifs is 1. The lowest BCUT2D eigenvalue weighted by atomic mass is 9.90. The topological polar surface area (TPSA) is 86.8 Å². The molecule has 0 aromatic heterocycles. The normalized spacial score (nSPS) is 16.2. The lowest BCUT2D eigenvalue weighted by molar-refractivity contribution is -0.133. The molecule has 3 rings (SSSR count). The highest BCUT2D eigenvalue weighted by atomic mass is 32.2. The van der Waals surface area contributed by atoms with Crippen molar-refractivity contribution in [1.82, 2.24) is 14.5 Å². The third kappa shape index (κ3) is 5.19. The van der Waals surface area contributed by atoms with Gasteiger partial charge in [0, 0.05) is 33.1 Å². The largest absolute Gasteiger partial charge is 0.352 e. The van der Waals surface area contributed by atoms with Crippen molar-refractivity contribution in [2.45, 2.75) is 57.1 Å². The average molecular weight is 458 g/mol. The molecule has 0 radical (unpaired) electrons. The maximum absolute atomic E-state index is 12.7. The molecular formula is C24H31N3O4S. The van der Waals surface area contributed by atoms with E-state index in [0.29, 0.717) is 6.54 Å². The van der Waals surface area contributed by atoms with Gasteiger partial charge in [0.25, 0.3) is 0 Å². The minimum atomic E-state index is -3.54. The van der Waals surface area contributed by atoms with Crippen LogP contribution in [0.25, 0.3) is 0 Å². The highest BCUT2D eigenvalue weighted by Crippen LogP contribution is 2.32. The number of amides is 2. The molecule has 1 unspecified atom stereocenters. The fourth-order valence-electron chi connectivity index (χ4n) is 3.92. The second kappa shape index (κ2) is 9.83. The van der Waals surface area contributed by atoms with Crippen molar-refractivity contribution in [2.24, 2.45) is 0 Å². The molecule has 172 valence electrons. The Balaban J connectivity index is 1.65. The molecule has 1 N–H and O–H groups in total. The van der Waals surface area contributed by atoms with Crippen LogP contribution in [-0.4, -0.2) is 49.1 Å². The number of nitrogens with zero attached hydrogens (tertiary/aromatic N) is 2. The second-order valence-corrected chi connectivity index (χ2v) is 10.4. The van der Waals surface area contributed by atoms with Crippen LogP contribution in [0.3, 0.4) is 0 Å². The van der Waals surface area contributed by atoms with Gasteiger partial charge in [0.15, 0.2) is 0 Å². The van der Waals surface area contributed by atoms with Gasteiger partial charge in [-0.3, -0.25) is 9.59 Å². The van der Waals surface area contributed by atoms with Crippen LogP contribution in [0, 0.1) is 0 Å². The number of hydrogen-bond donors (Lipinski definition) is 1. The molecule has 32 heavy (non-hydrogen) atoms. The van der Waals surface area contributed by atoms with Crippen molar-refractivity contribution in [3.8, 4) is 0 Å². The highest BCUT2D eigenvalue weighted by Gasteiger charge is 2.30. The summed E-state index contributed by atoms with van der Waals surface area (Å²) in [6.07, 6.45) is 0.970. The summed E-state index contributed by atoms with van der Waals surface area (Å²) in [4.78, 5) is 26.8. The summed E-state index contributed by atoms with van der Waals surface area (Å²) in [7, 11) is -1.98. The van der Waals surface area contributed by atoms with Gasteiger partial charge in [0.05, 0.1) is 17.4 Å². The molecule has 0 aliphatic carbocycles. The number of carbonyl (C=O) groups excluding carboxylic acids is 2. The fourth-order valence-corrected chi connectivity index (χ4v) is 5.29. The lowest BCUT2D eigenvalue weighted by Crippen LogP contribution is -2.41. The Morgan fingerprint density at radius 1 is 1.12 bits per heavy atom. The molecule has 1 aliphatic rings. The van der Waals surface area contributed by atoms with Gasteiger partial charge < -0.3 is 10.2 Å². The number of hydrogen-bond acceptors (Lipinski definition) is 4. The molecule has 1 aliphatic heterocycles. The molecule has 2 amide bonds. The maximum atomic E-state index is 12.7. The highest BCUT2D eigenvalue weighted by molar-refractivity contribution is 7.89. The Labute approximate surface area is 190 Å². The molecular weight excluding hydrogens is 426 g/mol. The van der Waals surface area contributed by atoms with E-state index in [1.807, 2.05) is 38.1 Å². The number of nitrogens with one attached hydrogen (secondary N) is 1. The van der Waals surface area contributed by atoms with E-state index in [4.69, 9.17) is 0 Å². The first kappa shape index (κ1) is 23.9. The first-order valence-corrected chi connectivity index (χ1v) is 12.2. The zero-order chi connectivity index (χ0) is 23.5.